The number of para-hydroxylation sites is 1. The van der Waals surface area contributed by atoms with Crippen LogP contribution < -0.4 is 5.32 Å². The first-order valence-electron chi connectivity index (χ1n) is 7.70. The van der Waals surface area contributed by atoms with Crippen LogP contribution in [-0.4, -0.2) is 37.5 Å². The molecule has 1 N–H and O–H groups in total. The van der Waals surface area contributed by atoms with Gasteiger partial charge in [0.1, 0.15) is 0 Å². The molecule has 0 radical (unpaired) electrons. The Labute approximate surface area is 132 Å². The van der Waals surface area contributed by atoms with Crippen LogP contribution in [-0.2, 0) is 14.8 Å². The van der Waals surface area contributed by atoms with Gasteiger partial charge in [0, 0.05) is 11.7 Å². The first-order valence-corrected chi connectivity index (χ1v) is 9.55. The highest BCUT2D eigenvalue weighted by molar-refractivity contribution is 7.88. The molecule has 1 amide bonds. The fraction of sp³-hybridized carbons (Fsp3) is 0.562. The summed E-state index contributed by atoms with van der Waals surface area (Å²) < 4.78 is 25.4. The highest BCUT2D eigenvalue weighted by atomic mass is 32.2. The predicted octanol–water partition coefficient (Wildman–Crippen LogP) is 2.53. The summed E-state index contributed by atoms with van der Waals surface area (Å²) in [4.78, 5) is 12.2. The second-order valence-corrected chi connectivity index (χ2v) is 7.90. The van der Waals surface area contributed by atoms with Crippen molar-refractivity contribution in [1.29, 1.82) is 0 Å². The second-order valence-electron chi connectivity index (χ2n) is 5.96. The number of benzene rings is 1. The van der Waals surface area contributed by atoms with Gasteiger partial charge in [-0.25, -0.2) is 8.42 Å². The molecule has 1 aromatic carbocycles. The van der Waals surface area contributed by atoms with Crippen LogP contribution in [0.4, 0.5) is 5.69 Å². The largest absolute Gasteiger partial charge is 0.325 e. The van der Waals surface area contributed by atoms with Crippen LogP contribution in [0, 0.1) is 6.92 Å². The summed E-state index contributed by atoms with van der Waals surface area (Å²) in [5.41, 5.74) is 1.68. The van der Waals surface area contributed by atoms with Gasteiger partial charge >= 0.3 is 0 Å². The van der Waals surface area contributed by atoms with E-state index in [1.807, 2.05) is 31.2 Å². The van der Waals surface area contributed by atoms with Crippen molar-refractivity contribution in [2.24, 2.45) is 0 Å². The summed E-state index contributed by atoms with van der Waals surface area (Å²) in [5, 5.41) is 2.81. The molecule has 5 nitrogen and oxygen atoms in total. The van der Waals surface area contributed by atoms with Crippen molar-refractivity contribution in [3.05, 3.63) is 29.8 Å². The Balaban J connectivity index is 2.07. The number of hydrogen-bond donors (Lipinski definition) is 1. The molecule has 0 aromatic heterocycles. The fourth-order valence-electron chi connectivity index (χ4n) is 2.93. The molecule has 1 fully saturated rings. The van der Waals surface area contributed by atoms with Gasteiger partial charge in [0.25, 0.3) is 0 Å². The van der Waals surface area contributed by atoms with Gasteiger partial charge in [0.15, 0.2) is 0 Å². The first kappa shape index (κ1) is 17.0. The number of rotatable bonds is 5. The Morgan fingerprint density at radius 1 is 1.23 bits per heavy atom. The molecule has 0 aliphatic heterocycles. The van der Waals surface area contributed by atoms with E-state index in [0.29, 0.717) is 0 Å². The van der Waals surface area contributed by atoms with Crippen LogP contribution >= 0.6 is 0 Å². The summed E-state index contributed by atoms with van der Waals surface area (Å²) in [6.07, 6.45) is 6.05. The zero-order chi connectivity index (χ0) is 16.2. The van der Waals surface area contributed by atoms with Crippen molar-refractivity contribution < 1.29 is 13.2 Å². The number of carbonyl (C=O) groups excluding carboxylic acids is 1. The molecular weight excluding hydrogens is 300 g/mol. The summed E-state index contributed by atoms with van der Waals surface area (Å²) >= 11 is 0. The third-order valence-electron chi connectivity index (χ3n) is 4.13. The molecule has 6 heteroatoms. The summed E-state index contributed by atoms with van der Waals surface area (Å²) in [5.74, 6) is -0.287. The molecule has 1 aliphatic rings. The van der Waals surface area contributed by atoms with Gasteiger partial charge in [-0.05, 0) is 31.4 Å². The SMILES string of the molecule is Cc1ccccc1NC(=O)CN(C1CCCCC1)S(C)(=O)=O. The second kappa shape index (κ2) is 7.24. The quantitative estimate of drug-likeness (QED) is 0.905. The van der Waals surface area contributed by atoms with Gasteiger partial charge < -0.3 is 5.32 Å². The molecule has 0 heterocycles. The standard InChI is InChI=1S/C16H24N2O3S/c1-13-8-6-7-11-15(13)17-16(19)12-18(22(2,20)21)14-9-4-3-5-10-14/h6-8,11,14H,3-5,9-10,12H2,1-2H3,(H,17,19). The lowest BCUT2D eigenvalue weighted by Gasteiger charge is -2.31. The number of carbonyl (C=O) groups is 1. The average molecular weight is 324 g/mol. The third kappa shape index (κ3) is 4.55. The molecule has 0 atom stereocenters. The minimum Gasteiger partial charge on any atom is -0.325 e. The Morgan fingerprint density at radius 3 is 2.45 bits per heavy atom. The molecule has 22 heavy (non-hydrogen) atoms. The Bertz CT molecular complexity index is 622. The molecule has 1 aromatic rings. The first-order chi connectivity index (χ1) is 10.4. The van der Waals surface area contributed by atoms with Crippen LogP contribution in [0.3, 0.4) is 0 Å². The molecule has 0 bridgehead atoms. The van der Waals surface area contributed by atoms with Crippen molar-refractivity contribution in [2.75, 3.05) is 18.1 Å². The predicted molar refractivity (Wildman–Crippen MR) is 88.2 cm³/mol. The molecule has 0 spiro atoms. The number of sulfonamides is 1. The topological polar surface area (TPSA) is 66.5 Å². The maximum atomic E-state index is 12.2. The Hall–Kier alpha value is -1.40. The zero-order valence-corrected chi connectivity index (χ0v) is 14.0. The maximum Gasteiger partial charge on any atom is 0.239 e. The molecule has 122 valence electrons. The molecule has 1 aliphatic carbocycles. The summed E-state index contributed by atoms with van der Waals surface area (Å²) in [6, 6.07) is 7.42. The van der Waals surface area contributed by atoms with E-state index < -0.39 is 10.0 Å². The molecule has 0 unspecified atom stereocenters. The van der Waals surface area contributed by atoms with E-state index in [0.717, 1.165) is 43.4 Å². The van der Waals surface area contributed by atoms with Gasteiger partial charge in [0.05, 0.1) is 12.8 Å². The monoisotopic (exact) mass is 324 g/mol. The summed E-state index contributed by atoms with van der Waals surface area (Å²) in [6.45, 7) is 1.79. The number of anilines is 1. The van der Waals surface area contributed by atoms with Crippen molar-refractivity contribution >= 4 is 21.6 Å². The summed E-state index contributed by atoms with van der Waals surface area (Å²) in [7, 11) is -3.39. The van der Waals surface area contributed by atoms with Gasteiger partial charge in [0.2, 0.25) is 15.9 Å². The van der Waals surface area contributed by atoms with Crippen LogP contribution in [0.5, 0.6) is 0 Å². The maximum absolute atomic E-state index is 12.2. The van der Waals surface area contributed by atoms with E-state index >= 15 is 0 Å². The van der Waals surface area contributed by atoms with Crippen molar-refractivity contribution in [2.45, 2.75) is 45.1 Å². The minimum absolute atomic E-state index is 0.0497. The van der Waals surface area contributed by atoms with E-state index in [-0.39, 0.29) is 18.5 Å². The average Bonchev–Trinajstić information content (AvgIpc) is 2.47. The van der Waals surface area contributed by atoms with Crippen LogP contribution in [0.2, 0.25) is 0 Å². The van der Waals surface area contributed by atoms with Crippen molar-refractivity contribution in [3.63, 3.8) is 0 Å². The molecule has 2 rings (SSSR count). The minimum atomic E-state index is -3.39. The molecular formula is C16H24N2O3S. The van der Waals surface area contributed by atoms with Crippen LogP contribution in [0.1, 0.15) is 37.7 Å². The number of aryl methyl sites for hydroxylation is 1. The smallest absolute Gasteiger partial charge is 0.239 e. The highest BCUT2D eigenvalue weighted by Gasteiger charge is 2.29. The normalized spacial score (nSPS) is 16.7. The van der Waals surface area contributed by atoms with Gasteiger partial charge in [-0.15, -0.1) is 0 Å². The Morgan fingerprint density at radius 2 is 1.86 bits per heavy atom. The van der Waals surface area contributed by atoms with Crippen LogP contribution in [0.15, 0.2) is 24.3 Å². The lowest BCUT2D eigenvalue weighted by molar-refractivity contribution is -0.116. The number of nitrogens with one attached hydrogen (secondary N) is 1. The Kier molecular flexibility index (Phi) is 5.58. The number of hydrogen-bond acceptors (Lipinski definition) is 3. The lowest BCUT2D eigenvalue weighted by Crippen LogP contribution is -2.45. The number of amides is 1. The van der Waals surface area contributed by atoms with E-state index in [1.54, 1.807) is 0 Å². The van der Waals surface area contributed by atoms with E-state index in [1.165, 1.54) is 10.6 Å². The van der Waals surface area contributed by atoms with E-state index in [2.05, 4.69) is 5.32 Å². The molecule has 0 saturated heterocycles. The fourth-order valence-corrected chi connectivity index (χ4v) is 4.03. The van der Waals surface area contributed by atoms with Crippen molar-refractivity contribution in [1.82, 2.24) is 4.31 Å². The zero-order valence-electron chi connectivity index (χ0n) is 13.2. The number of nitrogens with zero attached hydrogens (tertiary/aromatic N) is 1. The van der Waals surface area contributed by atoms with Gasteiger partial charge in [-0.2, -0.15) is 4.31 Å². The van der Waals surface area contributed by atoms with E-state index in [4.69, 9.17) is 0 Å². The van der Waals surface area contributed by atoms with Gasteiger partial charge in [-0.3, -0.25) is 4.79 Å². The highest BCUT2D eigenvalue weighted by Crippen LogP contribution is 2.24. The van der Waals surface area contributed by atoms with Gasteiger partial charge in [-0.1, -0.05) is 37.5 Å². The lowest BCUT2D eigenvalue weighted by atomic mass is 9.95. The molecule has 1 saturated carbocycles. The van der Waals surface area contributed by atoms with E-state index in [9.17, 15) is 13.2 Å². The van der Waals surface area contributed by atoms with Crippen LogP contribution in [0.25, 0.3) is 0 Å². The third-order valence-corrected chi connectivity index (χ3v) is 5.41. The van der Waals surface area contributed by atoms with Crippen molar-refractivity contribution in [3.8, 4) is 0 Å².